The highest BCUT2D eigenvalue weighted by atomic mass is 32.2. The summed E-state index contributed by atoms with van der Waals surface area (Å²) in [5.74, 6) is 0.722. The van der Waals surface area contributed by atoms with Gasteiger partial charge >= 0.3 is 7.12 Å². The Balaban J connectivity index is 1.75. The van der Waals surface area contributed by atoms with Gasteiger partial charge in [0.1, 0.15) is 0 Å². The van der Waals surface area contributed by atoms with Crippen molar-refractivity contribution in [3.8, 4) is 0 Å². The van der Waals surface area contributed by atoms with Crippen LogP contribution in [0.15, 0.2) is 47.6 Å². The van der Waals surface area contributed by atoms with E-state index in [1.165, 1.54) is 5.56 Å². The zero-order valence-electron chi connectivity index (χ0n) is 11.6. The average Bonchev–Trinajstić information content (AvgIpc) is 2.87. The topological polar surface area (TPSA) is 69.1 Å². The molecule has 0 unspecified atom stereocenters. The fourth-order valence-corrected chi connectivity index (χ4v) is 2.99. The van der Waals surface area contributed by atoms with Gasteiger partial charge in [0.2, 0.25) is 0 Å². The lowest BCUT2D eigenvalue weighted by molar-refractivity contribution is 0.425. The number of nitrogens with one attached hydrogen (secondary N) is 1. The van der Waals surface area contributed by atoms with Gasteiger partial charge in [0.05, 0.1) is 11.0 Å². The van der Waals surface area contributed by atoms with Gasteiger partial charge in [-0.2, -0.15) is 0 Å². The van der Waals surface area contributed by atoms with E-state index in [0.717, 1.165) is 27.5 Å². The van der Waals surface area contributed by atoms with Crippen LogP contribution < -0.4 is 5.46 Å². The molecule has 0 aliphatic heterocycles. The van der Waals surface area contributed by atoms with Gasteiger partial charge in [0.25, 0.3) is 0 Å². The Kier molecular flexibility index (Phi) is 4.01. The van der Waals surface area contributed by atoms with Gasteiger partial charge in [0, 0.05) is 5.75 Å². The second kappa shape index (κ2) is 5.93. The lowest BCUT2D eigenvalue weighted by Crippen LogP contribution is -2.29. The highest BCUT2D eigenvalue weighted by molar-refractivity contribution is 7.98. The number of fused-ring (bicyclic) bond motifs is 1. The van der Waals surface area contributed by atoms with Gasteiger partial charge in [-0.05, 0) is 35.6 Å². The van der Waals surface area contributed by atoms with Crippen molar-refractivity contribution in [1.29, 1.82) is 0 Å². The largest absolute Gasteiger partial charge is 0.488 e. The Labute approximate surface area is 127 Å². The Morgan fingerprint density at radius 1 is 1.19 bits per heavy atom. The number of H-pyrrole nitrogens is 1. The highest BCUT2D eigenvalue weighted by Crippen LogP contribution is 2.23. The molecule has 0 saturated heterocycles. The molecular weight excluding hydrogens is 283 g/mol. The molecule has 6 heteroatoms. The number of thioether (sulfide) groups is 1. The molecule has 2 aromatic carbocycles. The Bertz CT molecular complexity index is 773. The fraction of sp³-hybridized carbons (Fsp3) is 0.133. The molecule has 21 heavy (non-hydrogen) atoms. The van der Waals surface area contributed by atoms with E-state index in [1.54, 1.807) is 23.9 Å². The van der Waals surface area contributed by atoms with Gasteiger partial charge in [-0.1, -0.05) is 42.1 Å². The first-order valence-corrected chi connectivity index (χ1v) is 7.64. The molecule has 3 rings (SSSR count). The Morgan fingerprint density at radius 3 is 2.86 bits per heavy atom. The zero-order valence-corrected chi connectivity index (χ0v) is 12.4. The fourth-order valence-electron chi connectivity index (χ4n) is 2.16. The summed E-state index contributed by atoms with van der Waals surface area (Å²) >= 11 is 1.60. The van der Waals surface area contributed by atoms with E-state index in [-0.39, 0.29) is 0 Å². The smallest absolute Gasteiger partial charge is 0.423 e. The summed E-state index contributed by atoms with van der Waals surface area (Å²) < 4.78 is 0. The third-order valence-electron chi connectivity index (χ3n) is 3.24. The molecule has 0 radical (unpaired) electrons. The van der Waals surface area contributed by atoms with Crippen molar-refractivity contribution in [2.75, 3.05) is 0 Å². The van der Waals surface area contributed by atoms with Crippen LogP contribution in [0.2, 0.25) is 0 Å². The van der Waals surface area contributed by atoms with Crippen molar-refractivity contribution >= 4 is 35.4 Å². The maximum absolute atomic E-state index is 9.18. The van der Waals surface area contributed by atoms with E-state index < -0.39 is 7.12 Å². The predicted molar refractivity (Wildman–Crippen MR) is 86.7 cm³/mol. The molecule has 106 valence electrons. The molecule has 0 spiro atoms. The van der Waals surface area contributed by atoms with Crippen LogP contribution in [0.1, 0.15) is 11.1 Å². The minimum absolute atomic E-state index is 0.508. The number of nitrogens with zero attached hydrogens (tertiary/aromatic N) is 1. The van der Waals surface area contributed by atoms with Crippen molar-refractivity contribution in [3.63, 3.8) is 0 Å². The lowest BCUT2D eigenvalue weighted by Gasteiger charge is -2.03. The number of aromatic nitrogens is 2. The van der Waals surface area contributed by atoms with Crippen LogP contribution >= 0.6 is 11.8 Å². The first-order valence-electron chi connectivity index (χ1n) is 6.66. The van der Waals surface area contributed by atoms with Crippen LogP contribution in [-0.4, -0.2) is 27.1 Å². The SMILES string of the molecule is Cc1ccc2nc(SCc3cccc(B(O)O)c3)[nH]c2c1. The molecule has 1 aromatic heterocycles. The van der Waals surface area contributed by atoms with Gasteiger partial charge < -0.3 is 15.0 Å². The summed E-state index contributed by atoms with van der Waals surface area (Å²) in [4.78, 5) is 7.83. The maximum atomic E-state index is 9.18. The van der Waals surface area contributed by atoms with Crippen molar-refractivity contribution in [2.24, 2.45) is 0 Å². The number of aryl methyl sites for hydroxylation is 1. The number of benzene rings is 2. The van der Waals surface area contributed by atoms with Crippen LogP contribution in [0, 0.1) is 6.92 Å². The number of hydrogen-bond acceptors (Lipinski definition) is 4. The zero-order chi connectivity index (χ0) is 14.8. The Hall–Kier alpha value is -1.76. The van der Waals surface area contributed by atoms with Crippen LogP contribution in [0.4, 0.5) is 0 Å². The molecule has 3 N–H and O–H groups in total. The molecule has 0 bridgehead atoms. The second-order valence-electron chi connectivity index (χ2n) is 4.97. The number of hydrogen-bond donors (Lipinski definition) is 3. The van der Waals surface area contributed by atoms with Crippen molar-refractivity contribution in [2.45, 2.75) is 17.8 Å². The summed E-state index contributed by atoms with van der Waals surface area (Å²) in [6, 6.07) is 13.4. The monoisotopic (exact) mass is 298 g/mol. The van der Waals surface area contributed by atoms with Crippen molar-refractivity contribution in [1.82, 2.24) is 9.97 Å². The molecule has 1 heterocycles. The second-order valence-corrected chi connectivity index (χ2v) is 5.93. The number of imidazole rings is 1. The van der Waals surface area contributed by atoms with E-state index in [0.29, 0.717) is 5.46 Å². The van der Waals surface area contributed by atoms with E-state index in [9.17, 15) is 10.0 Å². The van der Waals surface area contributed by atoms with Gasteiger partial charge in [-0.3, -0.25) is 0 Å². The minimum atomic E-state index is -1.43. The summed E-state index contributed by atoms with van der Waals surface area (Å²) in [5.41, 5.74) is 4.74. The molecule has 0 saturated carbocycles. The summed E-state index contributed by atoms with van der Waals surface area (Å²) in [6.07, 6.45) is 0. The number of rotatable bonds is 4. The molecule has 0 fully saturated rings. The third kappa shape index (κ3) is 3.29. The van der Waals surface area contributed by atoms with Crippen molar-refractivity contribution < 1.29 is 10.0 Å². The van der Waals surface area contributed by atoms with Crippen LogP contribution in [0.25, 0.3) is 11.0 Å². The van der Waals surface area contributed by atoms with E-state index in [4.69, 9.17) is 0 Å². The van der Waals surface area contributed by atoms with Crippen LogP contribution in [0.3, 0.4) is 0 Å². The van der Waals surface area contributed by atoms with Gasteiger partial charge in [-0.25, -0.2) is 4.98 Å². The summed E-state index contributed by atoms with van der Waals surface area (Å²) in [6.45, 7) is 2.05. The van der Waals surface area contributed by atoms with E-state index in [2.05, 4.69) is 23.0 Å². The highest BCUT2D eigenvalue weighted by Gasteiger charge is 2.11. The molecule has 4 nitrogen and oxygen atoms in total. The molecule has 0 amide bonds. The van der Waals surface area contributed by atoms with E-state index in [1.807, 2.05) is 24.3 Å². The normalized spacial score (nSPS) is 11.0. The lowest BCUT2D eigenvalue weighted by atomic mass is 9.80. The quantitative estimate of drug-likeness (QED) is 0.508. The Morgan fingerprint density at radius 2 is 2.05 bits per heavy atom. The maximum Gasteiger partial charge on any atom is 0.488 e. The minimum Gasteiger partial charge on any atom is -0.423 e. The molecule has 0 aliphatic rings. The van der Waals surface area contributed by atoms with Gasteiger partial charge in [0.15, 0.2) is 5.16 Å². The summed E-state index contributed by atoms with van der Waals surface area (Å²) in [7, 11) is -1.43. The molecular formula is C15H15BN2O2S. The van der Waals surface area contributed by atoms with Crippen LogP contribution in [0.5, 0.6) is 0 Å². The molecule has 0 aliphatic carbocycles. The van der Waals surface area contributed by atoms with Crippen LogP contribution in [-0.2, 0) is 5.75 Å². The first-order chi connectivity index (χ1) is 10.1. The third-order valence-corrected chi connectivity index (χ3v) is 4.18. The molecule has 3 aromatic rings. The van der Waals surface area contributed by atoms with E-state index >= 15 is 0 Å². The predicted octanol–water partition coefficient (Wildman–Crippen LogP) is 1.84. The standard InChI is InChI=1S/C15H15BN2O2S/c1-10-5-6-13-14(7-10)18-15(17-13)21-9-11-3-2-4-12(8-11)16(19)20/h2-8,19-20H,9H2,1H3,(H,17,18). The number of aromatic amines is 1. The average molecular weight is 298 g/mol. The van der Waals surface area contributed by atoms with Crippen molar-refractivity contribution in [3.05, 3.63) is 53.6 Å². The molecule has 0 atom stereocenters. The summed E-state index contributed by atoms with van der Waals surface area (Å²) in [5, 5.41) is 19.2. The first kappa shape index (κ1) is 14.2. The van der Waals surface area contributed by atoms with Gasteiger partial charge in [-0.15, -0.1) is 0 Å².